The van der Waals surface area contributed by atoms with Crippen LogP contribution >= 0.6 is 11.8 Å². The van der Waals surface area contributed by atoms with Gasteiger partial charge in [0.25, 0.3) is 0 Å². The first-order chi connectivity index (χ1) is 8.92. The molecule has 0 atom stereocenters. The lowest BCUT2D eigenvalue weighted by Gasteiger charge is -1.99. The summed E-state index contributed by atoms with van der Waals surface area (Å²) in [7, 11) is 0. The summed E-state index contributed by atoms with van der Waals surface area (Å²) in [6.07, 6.45) is 0. The maximum absolute atomic E-state index is 5.79. The van der Waals surface area contributed by atoms with Crippen molar-refractivity contribution in [2.24, 2.45) is 0 Å². The molecule has 3 rings (SSSR count). The van der Waals surface area contributed by atoms with Gasteiger partial charge in [-0.05, 0) is 17.7 Å². The van der Waals surface area contributed by atoms with Crippen LogP contribution in [-0.2, 0) is 11.5 Å². The minimum Gasteiger partial charge on any atom is -0.460 e. The molecule has 18 heavy (non-hydrogen) atoms. The summed E-state index contributed by atoms with van der Waals surface area (Å²) >= 11 is 1.88. The first-order valence-corrected chi connectivity index (χ1v) is 7.16. The van der Waals surface area contributed by atoms with Crippen LogP contribution in [0.2, 0.25) is 0 Å². The Labute approximate surface area is 111 Å². The molecule has 2 aromatic carbocycles. The van der Waals surface area contributed by atoms with E-state index in [1.54, 1.807) is 0 Å². The van der Waals surface area contributed by atoms with Gasteiger partial charge in [-0.3, -0.25) is 0 Å². The fraction of sp³-hybridized carbons (Fsp3) is 0.125. The highest BCUT2D eigenvalue weighted by atomic mass is 32.2. The van der Waals surface area contributed by atoms with Crippen LogP contribution in [0.25, 0.3) is 11.0 Å². The number of furan rings is 1. The Kier molecular flexibility index (Phi) is 3.37. The van der Waals surface area contributed by atoms with Crippen LogP contribution in [0.5, 0.6) is 0 Å². The molecule has 0 aliphatic heterocycles. The van der Waals surface area contributed by atoms with Gasteiger partial charge in [-0.15, -0.1) is 11.8 Å². The highest BCUT2D eigenvalue weighted by Gasteiger charge is 2.02. The number of fused-ring (bicyclic) bond motifs is 1. The quantitative estimate of drug-likeness (QED) is 0.659. The van der Waals surface area contributed by atoms with Crippen LogP contribution in [0.3, 0.4) is 0 Å². The Bertz CT molecular complexity index is 595. The molecule has 0 N–H and O–H groups in total. The minimum absolute atomic E-state index is 0.920. The molecule has 1 heterocycles. The molecule has 1 aromatic heterocycles. The minimum atomic E-state index is 0.920. The highest BCUT2D eigenvalue weighted by molar-refractivity contribution is 7.97. The second-order valence-electron chi connectivity index (χ2n) is 4.23. The topological polar surface area (TPSA) is 13.1 Å². The lowest BCUT2D eigenvalue weighted by molar-refractivity contribution is 0.574. The molecule has 0 saturated heterocycles. The van der Waals surface area contributed by atoms with Crippen molar-refractivity contribution in [2.75, 3.05) is 0 Å². The van der Waals surface area contributed by atoms with Crippen molar-refractivity contribution in [2.45, 2.75) is 11.5 Å². The Hall–Kier alpha value is -1.67. The van der Waals surface area contributed by atoms with E-state index in [0.717, 1.165) is 22.8 Å². The monoisotopic (exact) mass is 254 g/mol. The summed E-state index contributed by atoms with van der Waals surface area (Å²) in [5, 5.41) is 1.19. The molecule has 0 saturated carbocycles. The maximum Gasteiger partial charge on any atom is 0.134 e. The molecule has 0 aliphatic carbocycles. The molecule has 0 fully saturated rings. The SMILES string of the molecule is c1ccc(CSCc2cc3ccccc3o2)cc1. The fourth-order valence-electron chi connectivity index (χ4n) is 1.95. The predicted molar refractivity (Wildman–Crippen MR) is 77.7 cm³/mol. The number of para-hydroxylation sites is 1. The van der Waals surface area contributed by atoms with E-state index in [1.165, 1.54) is 10.9 Å². The van der Waals surface area contributed by atoms with Crippen molar-refractivity contribution in [3.05, 3.63) is 72.0 Å². The van der Waals surface area contributed by atoms with E-state index in [0.29, 0.717) is 0 Å². The Balaban J connectivity index is 1.63. The molecule has 3 aromatic rings. The first-order valence-electron chi connectivity index (χ1n) is 6.01. The van der Waals surface area contributed by atoms with Gasteiger partial charge in [0.2, 0.25) is 0 Å². The van der Waals surface area contributed by atoms with E-state index in [9.17, 15) is 0 Å². The van der Waals surface area contributed by atoms with Gasteiger partial charge in [0.1, 0.15) is 11.3 Å². The summed E-state index contributed by atoms with van der Waals surface area (Å²) in [6, 6.07) is 20.8. The molecule has 2 heteroatoms. The number of benzene rings is 2. The molecule has 90 valence electrons. The van der Waals surface area contributed by atoms with Crippen molar-refractivity contribution in [1.82, 2.24) is 0 Å². The van der Waals surface area contributed by atoms with Crippen LogP contribution in [0.1, 0.15) is 11.3 Å². The van der Waals surface area contributed by atoms with Crippen LogP contribution in [0, 0.1) is 0 Å². The molecule has 0 spiro atoms. The zero-order chi connectivity index (χ0) is 12.2. The average molecular weight is 254 g/mol. The smallest absolute Gasteiger partial charge is 0.134 e. The van der Waals surface area contributed by atoms with Crippen molar-refractivity contribution < 1.29 is 4.42 Å². The van der Waals surface area contributed by atoms with Crippen molar-refractivity contribution >= 4 is 22.7 Å². The summed E-state index contributed by atoms with van der Waals surface area (Å²) in [5.74, 6) is 3.00. The van der Waals surface area contributed by atoms with Crippen LogP contribution in [0.4, 0.5) is 0 Å². The number of hydrogen-bond acceptors (Lipinski definition) is 2. The van der Waals surface area contributed by atoms with Crippen LogP contribution in [0.15, 0.2) is 65.1 Å². The van der Waals surface area contributed by atoms with Gasteiger partial charge in [0.15, 0.2) is 0 Å². The lowest BCUT2D eigenvalue weighted by atomic mass is 10.2. The van der Waals surface area contributed by atoms with Gasteiger partial charge < -0.3 is 4.42 Å². The van der Waals surface area contributed by atoms with Gasteiger partial charge in [-0.2, -0.15) is 0 Å². The van der Waals surface area contributed by atoms with Crippen LogP contribution < -0.4 is 0 Å². The Morgan fingerprint density at radius 2 is 1.61 bits per heavy atom. The second-order valence-corrected chi connectivity index (χ2v) is 5.21. The summed E-state index contributed by atoms with van der Waals surface area (Å²) in [6.45, 7) is 0. The zero-order valence-electron chi connectivity index (χ0n) is 10.0. The number of rotatable bonds is 4. The van der Waals surface area contributed by atoms with Crippen molar-refractivity contribution in [1.29, 1.82) is 0 Å². The zero-order valence-corrected chi connectivity index (χ0v) is 10.8. The van der Waals surface area contributed by atoms with E-state index >= 15 is 0 Å². The van der Waals surface area contributed by atoms with E-state index in [2.05, 4.69) is 36.4 Å². The van der Waals surface area contributed by atoms with E-state index < -0.39 is 0 Å². The molecular weight excluding hydrogens is 240 g/mol. The molecule has 0 bridgehead atoms. The Morgan fingerprint density at radius 3 is 2.44 bits per heavy atom. The van der Waals surface area contributed by atoms with E-state index in [4.69, 9.17) is 4.42 Å². The summed E-state index contributed by atoms with van der Waals surface area (Å²) in [5.41, 5.74) is 2.34. The third-order valence-electron chi connectivity index (χ3n) is 2.83. The van der Waals surface area contributed by atoms with Crippen molar-refractivity contribution in [3.63, 3.8) is 0 Å². The van der Waals surface area contributed by atoms with Gasteiger partial charge in [0, 0.05) is 11.1 Å². The second kappa shape index (κ2) is 5.32. The van der Waals surface area contributed by atoms with Gasteiger partial charge in [-0.25, -0.2) is 0 Å². The van der Waals surface area contributed by atoms with Gasteiger partial charge >= 0.3 is 0 Å². The van der Waals surface area contributed by atoms with E-state index in [-0.39, 0.29) is 0 Å². The summed E-state index contributed by atoms with van der Waals surface area (Å²) in [4.78, 5) is 0. The third-order valence-corrected chi connectivity index (χ3v) is 3.86. The number of hydrogen-bond donors (Lipinski definition) is 0. The molecule has 1 nitrogen and oxygen atoms in total. The highest BCUT2D eigenvalue weighted by Crippen LogP contribution is 2.24. The first kappa shape index (κ1) is 11.4. The largest absolute Gasteiger partial charge is 0.460 e. The Morgan fingerprint density at radius 1 is 0.833 bits per heavy atom. The summed E-state index contributed by atoms with van der Waals surface area (Å²) < 4.78 is 5.79. The van der Waals surface area contributed by atoms with Gasteiger partial charge in [0.05, 0.1) is 5.75 Å². The predicted octanol–water partition coefficient (Wildman–Crippen LogP) is 4.87. The van der Waals surface area contributed by atoms with Crippen LogP contribution in [-0.4, -0.2) is 0 Å². The van der Waals surface area contributed by atoms with Crippen molar-refractivity contribution in [3.8, 4) is 0 Å². The molecule has 0 aliphatic rings. The average Bonchev–Trinajstić information content (AvgIpc) is 2.82. The molecule has 0 radical (unpaired) electrons. The third kappa shape index (κ3) is 2.59. The van der Waals surface area contributed by atoms with Gasteiger partial charge in [-0.1, -0.05) is 48.5 Å². The molecular formula is C16H14OS. The normalized spacial score (nSPS) is 10.9. The maximum atomic E-state index is 5.79. The molecule has 0 unspecified atom stereocenters. The molecule has 0 amide bonds. The standard InChI is InChI=1S/C16H14OS/c1-2-6-13(7-3-1)11-18-12-15-10-14-8-4-5-9-16(14)17-15/h1-10H,11-12H2. The number of thioether (sulfide) groups is 1. The fourth-order valence-corrected chi connectivity index (χ4v) is 2.83. The lowest BCUT2D eigenvalue weighted by Crippen LogP contribution is -1.80. The van der Waals surface area contributed by atoms with E-state index in [1.807, 2.05) is 36.0 Å².